The predicted octanol–water partition coefficient (Wildman–Crippen LogP) is 4.68. The summed E-state index contributed by atoms with van der Waals surface area (Å²) in [5, 5.41) is 10.6. The van der Waals surface area contributed by atoms with E-state index in [0.717, 1.165) is 40.2 Å². The van der Waals surface area contributed by atoms with E-state index in [1.807, 2.05) is 49.4 Å². The zero-order valence-corrected chi connectivity index (χ0v) is 17.3. The van der Waals surface area contributed by atoms with E-state index in [1.165, 1.54) is 0 Å². The van der Waals surface area contributed by atoms with Crippen molar-refractivity contribution in [1.82, 2.24) is 5.32 Å². The Morgan fingerprint density at radius 1 is 1.06 bits per heavy atom. The number of methoxy groups -OCH3 is 1. The van der Waals surface area contributed by atoms with Crippen LogP contribution in [0.15, 0.2) is 69.5 Å². The standard InChI is InChI=1S/C23H21NO4.CH2O2/c1-15-3-9-20(27-15)17-6-4-16(5-7-17)11-12-24-23(25)22-14-18-13-19(26-2)8-10-21(18)28-22;2-1-3/h3-10,13-14H,11-12H2,1-2H3,(H,24,25);1H,(H,2,3). The number of rotatable bonds is 6. The van der Waals surface area contributed by atoms with Crippen molar-refractivity contribution in [3.63, 3.8) is 0 Å². The van der Waals surface area contributed by atoms with Crippen molar-refractivity contribution in [2.45, 2.75) is 13.3 Å². The number of carbonyl (C=O) groups is 2. The normalized spacial score (nSPS) is 10.3. The van der Waals surface area contributed by atoms with Crippen LogP contribution in [-0.4, -0.2) is 31.1 Å². The number of aryl methyl sites for hydroxylation is 1. The molecule has 0 unspecified atom stereocenters. The van der Waals surface area contributed by atoms with Gasteiger partial charge in [0.25, 0.3) is 12.4 Å². The first kappa shape index (κ1) is 21.7. The molecule has 0 bridgehead atoms. The summed E-state index contributed by atoms with van der Waals surface area (Å²) in [6, 6.07) is 19.3. The number of carbonyl (C=O) groups excluding carboxylic acids is 1. The number of amides is 1. The van der Waals surface area contributed by atoms with Crippen molar-refractivity contribution in [1.29, 1.82) is 0 Å². The molecule has 0 aliphatic carbocycles. The van der Waals surface area contributed by atoms with E-state index in [1.54, 1.807) is 25.3 Å². The van der Waals surface area contributed by atoms with E-state index in [-0.39, 0.29) is 12.4 Å². The van der Waals surface area contributed by atoms with Gasteiger partial charge in [0.2, 0.25) is 0 Å². The molecule has 2 aromatic heterocycles. The van der Waals surface area contributed by atoms with Gasteiger partial charge in [-0.05, 0) is 55.3 Å². The molecule has 0 spiro atoms. The topological polar surface area (TPSA) is 102 Å². The Morgan fingerprint density at radius 2 is 1.81 bits per heavy atom. The first-order valence-electron chi connectivity index (χ1n) is 9.63. The van der Waals surface area contributed by atoms with Crippen LogP contribution in [0.2, 0.25) is 0 Å². The number of carboxylic acid groups (broad SMARTS) is 1. The first-order chi connectivity index (χ1) is 15.0. The van der Waals surface area contributed by atoms with Crippen molar-refractivity contribution in [2.75, 3.05) is 13.7 Å². The minimum absolute atomic E-state index is 0.224. The molecular weight excluding hydrogens is 398 g/mol. The van der Waals surface area contributed by atoms with Crippen LogP contribution < -0.4 is 10.1 Å². The lowest BCUT2D eigenvalue weighted by atomic mass is 10.1. The lowest BCUT2D eigenvalue weighted by molar-refractivity contribution is -0.122. The zero-order chi connectivity index (χ0) is 22.2. The summed E-state index contributed by atoms with van der Waals surface area (Å²) < 4.78 is 16.5. The summed E-state index contributed by atoms with van der Waals surface area (Å²) in [7, 11) is 1.61. The van der Waals surface area contributed by atoms with Gasteiger partial charge < -0.3 is 24.0 Å². The van der Waals surface area contributed by atoms with Gasteiger partial charge in [-0.2, -0.15) is 0 Å². The highest BCUT2D eigenvalue weighted by Crippen LogP contribution is 2.24. The minimum atomic E-state index is -0.250. The van der Waals surface area contributed by atoms with Gasteiger partial charge in [-0.3, -0.25) is 9.59 Å². The van der Waals surface area contributed by atoms with Gasteiger partial charge in [0.1, 0.15) is 22.9 Å². The Kier molecular flexibility index (Phi) is 7.11. The highest BCUT2D eigenvalue weighted by atomic mass is 16.5. The number of ether oxygens (including phenoxy) is 1. The summed E-state index contributed by atoms with van der Waals surface area (Å²) in [6.07, 6.45) is 0.733. The number of hydrogen-bond acceptors (Lipinski definition) is 5. The molecule has 2 heterocycles. The molecule has 1 amide bonds. The lowest BCUT2D eigenvalue weighted by Crippen LogP contribution is -2.25. The molecule has 7 heteroatoms. The van der Waals surface area contributed by atoms with Crippen molar-refractivity contribution in [3.8, 4) is 17.1 Å². The van der Waals surface area contributed by atoms with Crippen molar-refractivity contribution >= 4 is 23.3 Å². The molecule has 31 heavy (non-hydrogen) atoms. The van der Waals surface area contributed by atoms with E-state index >= 15 is 0 Å². The highest BCUT2D eigenvalue weighted by molar-refractivity contribution is 5.96. The van der Waals surface area contributed by atoms with Crippen molar-refractivity contribution in [3.05, 3.63) is 77.7 Å². The summed E-state index contributed by atoms with van der Waals surface area (Å²) in [5.41, 5.74) is 2.84. The molecule has 0 atom stereocenters. The Hall–Kier alpha value is -4.00. The van der Waals surface area contributed by atoms with Crippen LogP contribution in [0, 0.1) is 6.92 Å². The summed E-state index contributed by atoms with van der Waals surface area (Å²) in [5.74, 6) is 2.56. The third kappa shape index (κ3) is 5.54. The van der Waals surface area contributed by atoms with Gasteiger partial charge in [0.05, 0.1) is 7.11 Å². The summed E-state index contributed by atoms with van der Waals surface area (Å²) >= 11 is 0. The van der Waals surface area contributed by atoms with E-state index in [4.69, 9.17) is 23.5 Å². The van der Waals surface area contributed by atoms with E-state index in [2.05, 4.69) is 5.32 Å². The van der Waals surface area contributed by atoms with Crippen molar-refractivity contribution < 1.29 is 28.3 Å². The summed E-state index contributed by atoms with van der Waals surface area (Å²) in [4.78, 5) is 20.7. The van der Waals surface area contributed by atoms with E-state index in [0.29, 0.717) is 17.9 Å². The molecule has 160 valence electrons. The van der Waals surface area contributed by atoms with Crippen LogP contribution in [0.3, 0.4) is 0 Å². The smallest absolute Gasteiger partial charge is 0.290 e. The Balaban J connectivity index is 0.000000858. The number of hydrogen-bond donors (Lipinski definition) is 2. The molecule has 7 nitrogen and oxygen atoms in total. The molecule has 2 aromatic carbocycles. The maximum Gasteiger partial charge on any atom is 0.290 e. The Morgan fingerprint density at radius 3 is 2.45 bits per heavy atom. The molecule has 0 radical (unpaired) electrons. The van der Waals surface area contributed by atoms with Crippen LogP contribution >= 0.6 is 0 Å². The van der Waals surface area contributed by atoms with Crippen LogP contribution in [0.25, 0.3) is 22.3 Å². The average Bonchev–Trinajstić information content (AvgIpc) is 3.40. The van der Waals surface area contributed by atoms with Gasteiger partial charge in [-0.15, -0.1) is 0 Å². The molecule has 0 fully saturated rings. The van der Waals surface area contributed by atoms with Gasteiger partial charge >= 0.3 is 0 Å². The van der Waals surface area contributed by atoms with Crippen LogP contribution in [-0.2, 0) is 11.2 Å². The molecule has 0 aliphatic heterocycles. The third-order valence-corrected chi connectivity index (χ3v) is 4.63. The fourth-order valence-electron chi connectivity index (χ4n) is 3.09. The quantitative estimate of drug-likeness (QED) is 0.438. The molecule has 0 saturated carbocycles. The second-order valence-electron chi connectivity index (χ2n) is 6.73. The fourth-order valence-corrected chi connectivity index (χ4v) is 3.09. The second kappa shape index (κ2) is 10.2. The predicted molar refractivity (Wildman–Crippen MR) is 116 cm³/mol. The maximum atomic E-state index is 12.4. The number of fused-ring (bicyclic) bond motifs is 1. The Bertz CT molecular complexity index is 1160. The number of furan rings is 2. The van der Waals surface area contributed by atoms with Crippen LogP contribution in [0.4, 0.5) is 0 Å². The van der Waals surface area contributed by atoms with Gasteiger partial charge in [-0.25, -0.2) is 0 Å². The third-order valence-electron chi connectivity index (χ3n) is 4.63. The number of benzene rings is 2. The minimum Gasteiger partial charge on any atom is -0.497 e. The molecule has 4 rings (SSSR count). The molecule has 0 aliphatic rings. The second-order valence-corrected chi connectivity index (χ2v) is 6.73. The SMILES string of the molecule is COc1ccc2oc(C(=O)NCCc3ccc(-c4ccc(C)o4)cc3)cc2c1.O=CO. The lowest BCUT2D eigenvalue weighted by Gasteiger charge is -2.04. The van der Waals surface area contributed by atoms with Crippen LogP contribution in [0.1, 0.15) is 21.9 Å². The highest BCUT2D eigenvalue weighted by Gasteiger charge is 2.12. The summed E-state index contributed by atoms with van der Waals surface area (Å²) in [6.45, 7) is 2.21. The number of nitrogens with one attached hydrogen (secondary N) is 1. The average molecular weight is 421 g/mol. The first-order valence-corrected chi connectivity index (χ1v) is 9.63. The van der Waals surface area contributed by atoms with Gasteiger partial charge in [0, 0.05) is 17.5 Å². The fraction of sp³-hybridized carbons (Fsp3) is 0.167. The Labute approximate surface area is 179 Å². The molecule has 4 aromatic rings. The molecule has 0 saturated heterocycles. The van der Waals surface area contributed by atoms with Gasteiger partial charge in [0.15, 0.2) is 5.76 Å². The molecular formula is C24H23NO6. The van der Waals surface area contributed by atoms with Gasteiger partial charge in [-0.1, -0.05) is 24.3 Å². The van der Waals surface area contributed by atoms with E-state index in [9.17, 15) is 4.79 Å². The van der Waals surface area contributed by atoms with E-state index < -0.39 is 0 Å². The monoisotopic (exact) mass is 421 g/mol. The molecule has 2 N–H and O–H groups in total. The maximum absolute atomic E-state index is 12.4. The zero-order valence-electron chi connectivity index (χ0n) is 17.3. The largest absolute Gasteiger partial charge is 0.497 e. The van der Waals surface area contributed by atoms with Crippen LogP contribution in [0.5, 0.6) is 5.75 Å². The van der Waals surface area contributed by atoms with Crippen molar-refractivity contribution in [2.24, 2.45) is 0 Å².